The molecule has 0 radical (unpaired) electrons. The third-order valence-electron chi connectivity index (χ3n) is 4.41. The molecule has 1 aromatic rings. The van der Waals surface area contributed by atoms with Crippen molar-refractivity contribution >= 4 is 0 Å². The molecule has 2 unspecified atom stereocenters. The fourth-order valence-corrected chi connectivity index (χ4v) is 3.41. The van der Waals surface area contributed by atoms with E-state index in [-0.39, 0.29) is 11.7 Å². The molecule has 20 heavy (non-hydrogen) atoms. The third kappa shape index (κ3) is 2.64. The standard InChI is InChI=1S/C17H25NO2/c1-17(2)11-12-7-6-10-15(16(12)20-17)19-14-9-5-4-8-13(14)18-3/h6-7,10,13-14,18H,4-5,8-9,11H2,1-3H3. The molecular weight excluding hydrogens is 250 g/mol. The molecule has 3 nitrogen and oxygen atoms in total. The predicted molar refractivity (Wildman–Crippen MR) is 80.6 cm³/mol. The molecule has 2 atom stereocenters. The molecule has 1 fully saturated rings. The molecule has 0 spiro atoms. The number of benzene rings is 1. The van der Waals surface area contributed by atoms with Gasteiger partial charge in [0.05, 0.1) is 0 Å². The second kappa shape index (κ2) is 5.28. The van der Waals surface area contributed by atoms with Crippen molar-refractivity contribution in [3.8, 4) is 11.5 Å². The van der Waals surface area contributed by atoms with Crippen LogP contribution in [0.2, 0.25) is 0 Å². The highest BCUT2D eigenvalue weighted by Gasteiger charge is 2.34. The van der Waals surface area contributed by atoms with E-state index in [1.165, 1.54) is 24.8 Å². The Hall–Kier alpha value is -1.22. The number of para-hydroxylation sites is 1. The van der Waals surface area contributed by atoms with E-state index in [0.29, 0.717) is 6.04 Å². The van der Waals surface area contributed by atoms with Crippen LogP contribution in [-0.2, 0) is 6.42 Å². The van der Waals surface area contributed by atoms with Gasteiger partial charge >= 0.3 is 0 Å². The number of nitrogens with one attached hydrogen (secondary N) is 1. The summed E-state index contributed by atoms with van der Waals surface area (Å²) in [7, 11) is 2.03. The molecule has 0 amide bonds. The van der Waals surface area contributed by atoms with E-state index in [0.717, 1.165) is 24.3 Å². The van der Waals surface area contributed by atoms with Gasteiger partial charge in [-0.25, -0.2) is 0 Å². The highest BCUT2D eigenvalue weighted by molar-refractivity contribution is 5.50. The van der Waals surface area contributed by atoms with Crippen LogP contribution in [0.3, 0.4) is 0 Å². The van der Waals surface area contributed by atoms with Gasteiger partial charge < -0.3 is 14.8 Å². The average Bonchev–Trinajstić information content (AvgIpc) is 2.74. The van der Waals surface area contributed by atoms with E-state index >= 15 is 0 Å². The van der Waals surface area contributed by atoms with E-state index in [9.17, 15) is 0 Å². The van der Waals surface area contributed by atoms with Gasteiger partial charge in [-0.1, -0.05) is 18.6 Å². The van der Waals surface area contributed by atoms with Gasteiger partial charge in [-0.3, -0.25) is 0 Å². The minimum Gasteiger partial charge on any atom is -0.485 e. The van der Waals surface area contributed by atoms with E-state index < -0.39 is 0 Å². The summed E-state index contributed by atoms with van der Waals surface area (Å²) >= 11 is 0. The number of hydrogen-bond acceptors (Lipinski definition) is 3. The first kappa shape index (κ1) is 13.7. The number of ether oxygens (including phenoxy) is 2. The molecule has 1 saturated carbocycles. The zero-order chi connectivity index (χ0) is 14.2. The van der Waals surface area contributed by atoms with Crippen molar-refractivity contribution in [1.29, 1.82) is 0 Å². The molecule has 3 rings (SSSR count). The van der Waals surface area contributed by atoms with Crippen LogP contribution in [0.15, 0.2) is 18.2 Å². The molecule has 1 aromatic carbocycles. The first-order valence-corrected chi connectivity index (χ1v) is 7.74. The minimum atomic E-state index is -0.114. The fourth-order valence-electron chi connectivity index (χ4n) is 3.41. The summed E-state index contributed by atoms with van der Waals surface area (Å²) in [6, 6.07) is 6.72. The maximum absolute atomic E-state index is 6.31. The van der Waals surface area contributed by atoms with Crippen LogP contribution >= 0.6 is 0 Å². The quantitative estimate of drug-likeness (QED) is 0.918. The van der Waals surface area contributed by atoms with Crippen LogP contribution in [0.1, 0.15) is 45.1 Å². The summed E-state index contributed by atoms with van der Waals surface area (Å²) in [5, 5.41) is 3.39. The topological polar surface area (TPSA) is 30.5 Å². The normalized spacial score (nSPS) is 27.8. The Labute approximate surface area is 121 Å². The zero-order valence-corrected chi connectivity index (χ0v) is 12.7. The van der Waals surface area contributed by atoms with Crippen LogP contribution in [0.5, 0.6) is 11.5 Å². The van der Waals surface area contributed by atoms with Gasteiger partial charge in [-0.2, -0.15) is 0 Å². The number of likely N-dealkylation sites (N-methyl/N-ethyl adjacent to an activating group) is 1. The lowest BCUT2D eigenvalue weighted by atomic mass is 9.92. The fraction of sp³-hybridized carbons (Fsp3) is 0.647. The van der Waals surface area contributed by atoms with Crippen molar-refractivity contribution < 1.29 is 9.47 Å². The van der Waals surface area contributed by atoms with Gasteiger partial charge in [0.25, 0.3) is 0 Å². The molecule has 0 aromatic heterocycles. The number of hydrogen-bond donors (Lipinski definition) is 1. The Balaban J connectivity index is 1.80. The van der Waals surface area contributed by atoms with Gasteiger partial charge in [0, 0.05) is 18.0 Å². The van der Waals surface area contributed by atoms with Crippen LogP contribution in [0.4, 0.5) is 0 Å². The highest BCUT2D eigenvalue weighted by Crippen LogP contribution is 2.42. The van der Waals surface area contributed by atoms with Gasteiger partial charge in [0.1, 0.15) is 11.7 Å². The van der Waals surface area contributed by atoms with Crippen molar-refractivity contribution in [2.24, 2.45) is 0 Å². The van der Waals surface area contributed by atoms with Crippen LogP contribution in [0, 0.1) is 0 Å². The highest BCUT2D eigenvalue weighted by atomic mass is 16.5. The third-order valence-corrected chi connectivity index (χ3v) is 4.41. The Bertz CT molecular complexity index is 484. The molecule has 0 saturated heterocycles. The monoisotopic (exact) mass is 275 g/mol. The average molecular weight is 275 g/mol. The first-order valence-electron chi connectivity index (χ1n) is 7.74. The molecule has 2 aliphatic rings. The smallest absolute Gasteiger partial charge is 0.165 e. The van der Waals surface area contributed by atoms with Gasteiger partial charge in [0.2, 0.25) is 0 Å². The summed E-state index contributed by atoms with van der Waals surface area (Å²) in [4.78, 5) is 0. The molecule has 3 heteroatoms. The predicted octanol–water partition coefficient (Wildman–Crippen LogP) is 3.31. The first-order chi connectivity index (χ1) is 9.59. The van der Waals surface area contributed by atoms with Crippen molar-refractivity contribution in [3.05, 3.63) is 23.8 Å². The van der Waals surface area contributed by atoms with Crippen LogP contribution < -0.4 is 14.8 Å². The van der Waals surface area contributed by atoms with Crippen molar-refractivity contribution in [1.82, 2.24) is 5.32 Å². The summed E-state index contributed by atoms with van der Waals surface area (Å²) in [6.07, 6.45) is 6.08. The van der Waals surface area contributed by atoms with Crippen molar-refractivity contribution in [3.63, 3.8) is 0 Å². The molecule has 110 valence electrons. The van der Waals surface area contributed by atoms with Gasteiger partial charge in [0.15, 0.2) is 11.5 Å². The van der Waals surface area contributed by atoms with Gasteiger partial charge in [-0.05, 0) is 46.2 Å². The molecule has 1 aliphatic heterocycles. The van der Waals surface area contributed by atoms with E-state index in [1.54, 1.807) is 0 Å². The second-order valence-electron chi connectivity index (χ2n) is 6.62. The van der Waals surface area contributed by atoms with Crippen LogP contribution in [0.25, 0.3) is 0 Å². The maximum atomic E-state index is 6.31. The Morgan fingerprint density at radius 2 is 2.05 bits per heavy atom. The number of fused-ring (bicyclic) bond motifs is 1. The molecule has 1 N–H and O–H groups in total. The van der Waals surface area contributed by atoms with E-state index in [1.807, 2.05) is 13.1 Å². The summed E-state index contributed by atoms with van der Waals surface area (Å²) in [5.41, 5.74) is 1.15. The summed E-state index contributed by atoms with van der Waals surface area (Å²) in [5.74, 6) is 1.87. The summed E-state index contributed by atoms with van der Waals surface area (Å²) in [6.45, 7) is 4.27. The zero-order valence-electron chi connectivity index (χ0n) is 12.7. The van der Waals surface area contributed by atoms with E-state index in [2.05, 4.69) is 31.3 Å². The second-order valence-corrected chi connectivity index (χ2v) is 6.62. The number of rotatable bonds is 3. The lowest BCUT2D eigenvalue weighted by molar-refractivity contribution is 0.0987. The van der Waals surface area contributed by atoms with Crippen LogP contribution in [-0.4, -0.2) is 24.8 Å². The Morgan fingerprint density at radius 1 is 1.25 bits per heavy atom. The largest absolute Gasteiger partial charge is 0.485 e. The SMILES string of the molecule is CNC1CCCCC1Oc1cccc2c1OC(C)(C)C2. The van der Waals surface area contributed by atoms with Gasteiger partial charge in [-0.15, -0.1) is 0 Å². The maximum Gasteiger partial charge on any atom is 0.165 e. The molecule has 0 bridgehead atoms. The molecule has 1 aliphatic carbocycles. The molecule has 1 heterocycles. The van der Waals surface area contributed by atoms with Crippen molar-refractivity contribution in [2.75, 3.05) is 7.05 Å². The lowest BCUT2D eigenvalue weighted by Crippen LogP contribution is -2.43. The molecular formula is C17H25NO2. The Kier molecular flexibility index (Phi) is 3.63. The lowest BCUT2D eigenvalue weighted by Gasteiger charge is -2.32. The van der Waals surface area contributed by atoms with Crippen molar-refractivity contribution in [2.45, 2.75) is 63.7 Å². The van der Waals surface area contributed by atoms with E-state index in [4.69, 9.17) is 9.47 Å². The summed E-state index contributed by atoms with van der Waals surface area (Å²) < 4.78 is 12.4. The Morgan fingerprint density at radius 3 is 2.85 bits per heavy atom. The minimum absolute atomic E-state index is 0.114.